The van der Waals surface area contributed by atoms with Gasteiger partial charge >= 0.3 is 0 Å². The van der Waals surface area contributed by atoms with E-state index >= 15 is 0 Å². The molecule has 0 radical (unpaired) electrons. The Morgan fingerprint density at radius 2 is 1.95 bits per heavy atom. The first-order chi connectivity index (χ1) is 9.08. The van der Waals surface area contributed by atoms with E-state index in [0.29, 0.717) is 17.8 Å². The monoisotopic (exact) mass is 276 g/mol. The number of nitrogen functional groups attached to an aromatic ring is 1. The Morgan fingerprint density at radius 1 is 1.26 bits per heavy atom. The molecular weight excluding hydrogens is 256 g/mol. The van der Waals surface area contributed by atoms with Gasteiger partial charge in [0.05, 0.1) is 5.56 Å². The van der Waals surface area contributed by atoms with E-state index in [-0.39, 0.29) is 0 Å². The molecule has 0 spiro atoms. The SMILES string of the molecule is CC(C)CC(C)Nc1snc(N)c1-c1ccncc1. The van der Waals surface area contributed by atoms with Crippen LogP contribution in [0.3, 0.4) is 0 Å². The summed E-state index contributed by atoms with van der Waals surface area (Å²) in [4.78, 5) is 4.04. The van der Waals surface area contributed by atoms with E-state index in [1.807, 2.05) is 12.1 Å². The lowest BCUT2D eigenvalue weighted by atomic mass is 10.0. The molecule has 0 amide bonds. The van der Waals surface area contributed by atoms with E-state index in [1.54, 1.807) is 12.4 Å². The largest absolute Gasteiger partial charge is 0.382 e. The molecule has 2 aromatic heterocycles. The van der Waals surface area contributed by atoms with Crippen molar-refractivity contribution >= 4 is 22.4 Å². The van der Waals surface area contributed by atoms with Crippen LogP contribution in [0.1, 0.15) is 27.2 Å². The third-order valence-corrected chi connectivity index (χ3v) is 3.68. The summed E-state index contributed by atoms with van der Waals surface area (Å²) in [7, 11) is 0. The fourth-order valence-electron chi connectivity index (χ4n) is 2.19. The Balaban J connectivity index is 2.23. The standard InChI is InChI=1S/C14H20N4S/c1-9(2)8-10(3)17-14-12(13(15)18-19-14)11-4-6-16-7-5-11/h4-7,9-10,17H,8H2,1-3H3,(H2,15,18). The molecule has 19 heavy (non-hydrogen) atoms. The van der Waals surface area contributed by atoms with Gasteiger partial charge in [0.15, 0.2) is 0 Å². The van der Waals surface area contributed by atoms with Crippen LogP contribution in [0.4, 0.5) is 10.8 Å². The summed E-state index contributed by atoms with van der Waals surface area (Å²) in [6.07, 6.45) is 4.66. The summed E-state index contributed by atoms with van der Waals surface area (Å²) in [5.41, 5.74) is 8.03. The number of nitrogens with two attached hydrogens (primary N) is 1. The summed E-state index contributed by atoms with van der Waals surface area (Å²) in [6, 6.07) is 4.32. The molecular formula is C14H20N4S. The number of hydrogen-bond acceptors (Lipinski definition) is 5. The van der Waals surface area contributed by atoms with Crippen LogP contribution in [0, 0.1) is 5.92 Å². The Hall–Kier alpha value is -1.62. The number of nitrogens with zero attached hydrogens (tertiary/aromatic N) is 2. The minimum Gasteiger partial charge on any atom is -0.382 e. The quantitative estimate of drug-likeness (QED) is 0.875. The van der Waals surface area contributed by atoms with E-state index in [4.69, 9.17) is 5.73 Å². The lowest BCUT2D eigenvalue weighted by molar-refractivity contribution is 0.540. The Bertz CT molecular complexity index is 521. The Kier molecular flexibility index (Phi) is 4.37. The molecule has 0 bridgehead atoms. The van der Waals surface area contributed by atoms with E-state index < -0.39 is 0 Å². The first-order valence-electron chi connectivity index (χ1n) is 6.50. The predicted molar refractivity (Wildman–Crippen MR) is 82.3 cm³/mol. The van der Waals surface area contributed by atoms with Crippen molar-refractivity contribution in [3.8, 4) is 11.1 Å². The highest BCUT2D eigenvalue weighted by Crippen LogP contribution is 2.37. The number of anilines is 2. The van der Waals surface area contributed by atoms with Gasteiger partial charge in [-0.25, -0.2) is 0 Å². The topological polar surface area (TPSA) is 63.8 Å². The third kappa shape index (κ3) is 3.44. The van der Waals surface area contributed by atoms with Crippen molar-refractivity contribution in [2.24, 2.45) is 5.92 Å². The van der Waals surface area contributed by atoms with Crippen molar-refractivity contribution in [1.29, 1.82) is 0 Å². The zero-order valence-electron chi connectivity index (χ0n) is 11.6. The van der Waals surface area contributed by atoms with E-state index in [2.05, 4.69) is 35.4 Å². The minimum absolute atomic E-state index is 0.403. The van der Waals surface area contributed by atoms with Crippen molar-refractivity contribution in [3.05, 3.63) is 24.5 Å². The number of pyridine rings is 1. The van der Waals surface area contributed by atoms with Crippen molar-refractivity contribution in [1.82, 2.24) is 9.36 Å². The van der Waals surface area contributed by atoms with Crippen molar-refractivity contribution in [2.45, 2.75) is 33.2 Å². The van der Waals surface area contributed by atoms with Crippen LogP contribution in [0.2, 0.25) is 0 Å². The molecule has 102 valence electrons. The maximum atomic E-state index is 5.99. The summed E-state index contributed by atoms with van der Waals surface area (Å²) in [5.74, 6) is 1.24. The molecule has 2 rings (SSSR count). The van der Waals surface area contributed by atoms with E-state index in [0.717, 1.165) is 22.5 Å². The average molecular weight is 276 g/mol. The van der Waals surface area contributed by atoms with E-state index in [9.17, 15) is 0 Å². The van der Waals surface area contributed by atoms with E-state index in [1.165, 1.54) is 11.5 Å². The first-order valence-corrected chi connectivity index (χ1v) is 7.27. The average Bonchev–Trinajstić information content (AvgIpc) is 2.70. The molecule has 1 atom stereocenters. The van der Waals surface area contributed by atoms with Crippen LogP contribution in [0.15, 0.2) is 24.5 Å². The van der Waals surface area contributed by atoms with Gasteiger partial charge in [-0.1, -0.05) is 13.8 Å². The molecule has 5 heteroatoms. The molecule has 0 fully saturated rings. The lowest BCUT2D eigenvalue weighted by Gasteiger charge is -2.16. The van der Waals surface area contributed by atoms with Crippen LogP contribution in [-0.2, 0) is 0 Å². The van der Waals surface area contributed by atoms with Crippen LogP contribution in [0.5, 0.6) is 0 Å². The molecule has 0 aromatic carbocycles. The molecule has 3 N–H and O–H groups in total. The molecule has 0 saturated carbocycles. The van der Waals surface area contributed by atoms with Gasteiger partial charge in [-0.05, 0) is 48.5 Å². The number of hydrogen-bond donors (Lipinski definition) is 2. The van der Waals surface area contributed by atoms with Gasteiger partial charge in [-0.15, -0.1) is 0 Å². The molecule has 0 saturated heterocycles. The molecule has 0 aliphatic rings. The van der Waals surface area contributed by atoms with Crippen LogP contribution < -0.4 is 11.1 Å². The number of nitrogens with one attached hydrogen (secondary N) is 1. The Morgan fingerprint density at radius 3 is 2.58 bits per heavy atom. The summed E-state index contributed by atoms with van der Waals surface area (Å²) < 4.78 is 4.26. The summed E-state index contributed by atoms with van der Waals surface area (Å²) in [5, 5.41) is 4.56. The fourth-order valence-corrected chi connectivity index (χ4v) is 3.04. The summed E-state index contributed by atoms with van der Waals surface area (Å²) in [6.45, 7) is 6.64. The zero-order chi connectivity index (χ0) is 13.8. The Labute approximate surface area is 118 Å². The normalized spacial score (nSPS) is 12.6. The van der Waals surface area contributed by atoms with Gasteiger partial charge in [-0.3, -0.25) is 4.98 Å². The van der Waals surface area contributed by atoms with Crippen molar-refractivity contribution in [2.75, 3.05) is 11.1 Å². The highest BCUT2D eigenvalue weighted by Gasteiger charge is 2.15. The second-order valence-corrected chi connectivity index (χ2v) is 5.96. The van der Waals surface area contributed by atoms with Crippen LogP contribution in [-0.4, -0.2) is 15.4 Å². The second-order valence-electron chi connectivity index (χ2n) is 5.18. The van der Waals surface area contributed by atoms with Gasteiger partial charge in [0, 0.05) is 18.4 Å². The van der Waals surface area contributed by atoms with Gasteiger partial charge in [-0.2, -0.15) is 4.37 Å². The fraction of sp³-hybridized carbons (Fsp3) is 0.429. The summed E-state index contributed by atoms with van der Waals surface area (Å²) >= 11 is 1.42. The molecule has 4 nitrogen and oxygen atoms in total. The van der Waals surface area contributed by atoms with Gasteiger partial charge in [0.2, 0.25) is 0 Å². The molecule has 0 aliphatic carbocycles. The zero-order valence-corrected chi connectivity index (χ0v) is 12.4. The van der Waals surface area contributed by atoms with Crippen LogP contribution in [0.25, 0.3) is 11.1 Å². The highest BCUT2D eigenvalue weighted by atomic mass is 32.1. The maximum absolute atomic E-state index is 5.99. The van der Waals surface area contributed by atoms with Crippen LogP contribution >= 0.6 is 11.5 Å². The molecule has 2 heterocycles. The smallest absolute Gasteiger partial charge is 0.147 e. The van der Waals surface area contributed by atoms with Gasteiger partial charge < -0.3 is 11.1 Å². The predicted octanol–water partition coefficient (Wildman–Crippen LogP) is 3.63. The highest BCUT2D eigenvalue weighted by molar-refractivity contribution is 7.11. The lowest BCUT2D eigenvalue weighted by Crippen LogP contribution is -2.17. The third-order valence-electron chi connectivity index (χ3n) is 2.89. The number of aromatic nitrogens is 2. The van der Waals surface area contributed by atoms with Crippen molar-refractivity contribution < 1.29 is 0 Å². The molecule has 2 aromatic rings. The maximum Gasteiger partial charge on any atom is 0.147 e. The first kappa shape index (κ1) is 13.8. The molecule has 0 aliphatic heterocycles. The second kappa shape index (κ2) is 6.02. The van der Waals surface area contributed by atoms with Crippen molar-refractivity contribution in [3.63, 3.8) is 0 Å². The molecule has 1 unspecified atom stereocenters. The minimum atomic E-state index is 0.403. The van der Waals surface area contributed by atoms with Gasteiger partial charge in [0.1, 0.15) is 10.8 Å². The number of rotatable bonds is 5. The van der Waals surface area contributed by atoms with Gasteiger partial charge in [0.25, 0.3) is 0 Å².